The largest absolute Gasteiger partial charge is 0.370 e. The van der Waals surface area contributed by atoms with Gasteiger partial charge in [-0.3, -0.25) is 4.79 Å². The molecule has 1 amide bonds. The van der Waals surface area contributed by atoms with Crippen LogP contribution < -0.4 is 16.8 Å². The van der Waals surface area contributed by atoms with E-state index in [1.54, 1.807) is 12.1 Å². The van der Waals surface area contributed by atoms with Crippen LogP contribution in [-0.4, -0.2) is 23.5 Å². The number of pyridine rings is 1. The highest BCUT2D eigenvalue weighted by Gasteiger charge is 2.21. The lowest BCUT2D eigenvalue weighted by Crippen LogP contribution is -2.18. The fourth-order valence-electron chi connectivity index (χ4n) is 2.19. The van der Waals surface area contributed by atoms with E-state index in [1.807, 2.05) is 0 Å². The molecule has 1 aromatic heterocycles. The van der Waals surface area contributed by atoms with Gasteiger partial charge >= 0.3 is 0 Å². The molecule has 2 rings (SSSR count). The molecule has 5 N–H and O–H groups in total. The van der Waals surface area contributed by atoms with Crippen molar-refractivity contribution in [2.75, 3.05) is 11.9 Å². The fourth-order valence-corrected chi connectivity index (χ4v) is 2.19. The van der Waals surface area contributed by atoms with Gasteiger partial charge in [0.2, 0.25) is 5.91 Å². The molecule has 0 aliphatic heterocycles. The summed E-state index contributed by atoms with van der Waals surface area (Å²) in [6.45, 7) is 0.886. The molecule has 0 aromatic carbocycles. The summed E-state index contributed by atoms with van der Waals surface area (Å²) >= 11 is 0. The third kappa shape index (κ3) is 3.17. The minimum absolute atomic E-state index is 0.354. The number of nitrogens with two attached hydrogens (primary N) is 2. The summed E-state index contributed by atoms with van der Waals surface area (Å²) in [7, 11) is 0. The number of primary amides is 1. The summed E-state index contributed by atoms with van der Waals surface area (Å²) in [5, 5.41) is 3.25. The van der Waals surface area contributed by atoms with E-state index in [0.29, 0.717) is 17.5 Å². The van der Waals surface area contributed by atoms with Gasteiger partial charge in [-0.2, -0.15) is 0 Å². The van der Waals surface area contributed by atoms with Gasteiger partial charge < -0.3 is 16.8 Å². The van der Waals surface area contributed by atoms with Crippen molar-refractivity contribution in [2.24, 2.45) is 17.4 Å². The van der Waals surface area contributed by atoms with Crippen molar-refractivity contribution in [1.29, 1.82) is 0 Å². The SMILES string of the molecule is NC(=O)c1ccc(NCC2CCC(N)C2)nc1. The molecule has 2 unspecified atom stereocenters. The Morgan fingerprint density at radius 2 is 2.29 bits per heavy atom. The first-order chi connectivity index (χ1) is 8.15. The molecule has 1 aliphatic rings. The number of hydrogen-bond acceptors (Lipinski definition) is 4. The molecule has 2 atom stereocenters. The van der Waals surface area contributed by atoms with Crippen molar-refractivity contribution in [3.63, 3.8) is 0 Å². The Morgan fingerprint density at radius 1 is 1.47 bits per heavy atom. The lowest BCUT2D eigenvalue weighted by molar-refractivity contribution is 0.1000. The lowest BCUT2D eigenvalue weighted by atomic mass is 10.1. The first-order valence-corrected chi connectivity index (χ1v) is 5.90. The van der Waals surface area contributed by atoms with Gasteiger partial charge in [0, 0.05) is 18.8 Å². The number of anilines is 1. The van der Waals surface area contributed by atoms with Crippen LogP contribution in [0.4, 0.5) is 5.82 Å². The third-order valence-corrected chi connectivity index (χ3v) is 3.20. The summed E-state index contributed by atoms with van der Waals surface area (Å²) in [5.41, 5.74) is 11.4. The van der Waals surface area contributed by atoms with E-state index in [1.165, 1.54) is 12.6 Å². The van der Waals surface area contributed by atoms with E-state index in [0.717, 1.165) is 25.2 Å². The predicted octanol–water partition coefficient (Wildman–Crippen LogP) is 0.720. The average molecular weight is 234 g/mol. The summed E-state index contributed by atoms with van der Waals surface area (Å²) in [4.78, 5) is 15.0. The minimum atomic E-state index is -0.453. The van der Waals surface area contributed by atoms with Gasteiger partial charge in [0.1, 0.15) is 5.82 Å². The molecule has 1 saturated carbocycles. The number of amides is 1. The molecule has 1 fully saturated rings. The minimum Gasteiger partial charge on any atom is -0.370 e. The van der Waals surface area contributed by atoms with E-state index in [9.17, 15) is 4.79 Å². The van der Waals surface area contributed by atoms with Crippen LogP contribution in [0.15, 0.2) is 18.3 Å². The zero-order valence-corrected chi connectivity index (χ0v) is 9.73. The second kappa shape index (κ2) is 5.14. The number of carbonyl (C=O) groups excluding carboxylic acids is 1. The Hall–Kier alpha value is -1.62. The Kier molecular flexibility index (Phi) is 3.58. The molecule has 5 nitrogen and oxygen atoms in total. The van der Waals surface area contributed by atoms with Gasteiger partial charge in [-0.05, 0) is 37.3 Å². The topological polar surface area (TPSA) is 94.0 Å². The Bertz CT molecular complexity index is 390. The molecule has 1 aromatic rings. The van der Waals surface area contributed by atoms with Gasteiger partial charge in [0.05, 0.1) is 5.56 Å². The number of carbonyl (C=O) groups is 1. The quantitative estimate of drug-likeness (QED) is 0.715. The second-order valence-electron chi connectivity index (χ2n) is 4.62. The molecule has 1 aliphatic carbocycles. The van der Waals surface area contributed by atoms with Crippen LogP contribution in [0.2, 0.25) is 0 Å². The van der Waals surface area contributed by atoms with Crippen LogP contribution in [0, 0.1) is 5.92 Å². The maximum atomic E-state index is 10.9. The molecule has 0 spiro atoms. The predicted molar refractivity (Wildman–Crippen MR) is 66.6 cm³/mol. The highest BCUT2D eigenvalue weighted by molar-refractivity contribution is 5.92. The summed E-state index contributed by atoms with van der Waals surface area (Å²) in [6, 6.07) is 3.81. The third-order valence-electron chi connectivity index (χ3n) is 3.20. The first-order valence-electron chi connectivity index (χ1n) is 5.90. The lowest BCUT2D eigenvalue weighted by Gasteiger charge is -2.11. The Morgan fingerprint density at radius 3 is 2.82 bits per heavy atom. The van der Waals surface area contributed by atoms with Crippen molar-refractivity contribution >= 4 is 11.7 Å². The van der Waals surface area contributed by atoms with E-state index in [4.69, 9.17) is 11.5 Å². The fraction of sp³-hybridized carbons (Fsp3) is 0.500. The summed E-state index contributed by atoms with van der Waals surface area (Å²) in [6.07, 6.45) is 4.85. The van der Waals surface area contributed by atoms with Gasteiger partial charge in [0.15, 0.2) is 0 Å². The van der Waals surface area contributed by atoms with Crippen molar-refractivity contribution < 1.29 is 4.79 Å². The van der Waals surface area contributed by atoms with E-state index >= 15 is 0 Å². The molecule has 92 valence electrons. The van der Waals surface area contributed by atoms with Gasteiger partial charge in [-0.1, -0.05) is 0 Å². The van der Waals surface area contributed by atoms with Gasteiger partial charge in [0.25, 0.3) is 0 Å². The summed E-state index contributed by atoms with van der Waals surface area (Å²) in [5.74, 6) is 0.948. The first kappa shape index (κ1) is 11.9. The number of aromatic nitrogens is 1. The molecule has 0 saturated heterocycles. The number of rotatable bonds is 4. The van der Waals surface area contributed by atoms with Crippen LogP contribution >= 0.6 is 0 Å². The van der Waals surface area contributed by atoms with Crippen molar-refractivity contribution in [3.05, 3.63) is 23.9 Å². The number of hydrogen-bond donors (Lipinski definition) is 3. The maximum absolute atomic E-state index is 10.9. The Balaban J connectivity index is 1.85. The highest BCUT2D eigenvalue weighted by Crippen LogP contribution is 2.24. The second-order valence-corrected chi connectivity index (χ2v) is 4.62. The van der Waals surface area contributed by atoms with Crippen LogP contribution in [-0.2, 0) is 0 Å². The van der Waals surface area contributed by atoms with E-state index in [2.05, 4.69) is 10.3 Å². The smallest absolute Gasteiger partial charge is 0.250 e. The van der Waals surface area contributed by atoms with E-state index < -0.39 is 5.91 Å². The molecular formula is C12H18N4O. The zero-order chi connectivity index (χ0) is 12.3. The van der Waals surface area contributed by atoms with Crippen molar-refractivity contribution in [3.8, 4) is 0 Å². The van der Waals surface area contributed by atoms with Crippen LogP contribution in [0.5, 0.6) is 0 Å². The average Bonchev–Trinajstić information content (AvgIpc) is 2.73. The maximum Gasteiger partial charge on any atom is 0.250 e. The van der Waals surface area contributed by atoms with Gasteiger partial charge in [-0.15, -0.1) is 0 Å². The highest BCUT2D eigenvalue weighted by atomic mass is 16.1. The van der Waals surface area contributed by atoms with Crippen LogP contribution in [0.1, 0.15) is 29.6 Å². The molecule has 0 bridgehead atoms. The van der Waals surface area contributed by atoms with Crippen LogP contribution in [0.3, 0.4) is 0 Å². The number of nitrogens with zero attached hydrogens (tertiary/aromatic N) is 1. The molecule has 5 heteroatoms. The molecule has 1 heterocycles. The molecule has 0 radical (unpaired) electrons. The standard InChI is InChI=1S/C12H18N4O/c13-10-3-1-8(5-10)6-15-11-4-2-9(7-16-11)12(14)17/h2,4,7-8,10H,1,3,5-6,13H2,(H2,14,17)(H,15,16). The number of nitrogens with one attached hydrogen (secondary N) is 1. The monoisotopic (exact) mass is 234 g/mol. The van der Waals surface area contributed by atoms with Crippen molar-refractivity contribution in [1.82, 2.24) is 4.98 Å². The summed E-state index contributed by atoms with van der Waals surface area (Å²) < 4.78 is 0. The van der Waals surface area contributed by atoms with E-state index in [-0.39, 0.29) is 0 Å². The molecular weight excluding hydrogens is 216 g/mol. The van der Waals surface area contributed by atoms with Crippen LogP contribution in [0.25, 0.3) is 0 Å². The molecule has 17 heavy (non-hydrogen) atoms. The van der Waals surface area contributed by atoms with Crippen molar-refractivity contribution in [2.45, 2.75) is 25.3 Å². The normalized spacial score (nSPS) is 23.6. The Labute approximate surface area is 101 Å². The van der Waals surface area contributed by atoms with Gasteiger partial charge in [-0.25, -0.2) is 4.98 Å². The zero-order valence-electron chi connectivity index (χ0n) is 9.73.